The summed E-state index contributed by atoms with van der Waals surface area (Å²) in [4.78, 5) is 20.9. The average molecular weight is 355 g/mol. The fraction of sp³-hybridized carbons (Fsp3) is 0.0455. The second kappa shape index (κ2) is 7.66. The SMILES string of the molecule is O=C(NCc1cccc(Oc2ccccc2)c1)c1ccc2cccnc2n1. The molecule has 4 aromatic rings. The van der Waals surface area contributed by atoms with Crippen LogP contribution in [0.1, 0.15) is 16.1 Å². The number of carbonyl (C=O) groups excluding carboxylic acids is 1. The maximum atomic E-state index is 12.4. The number of aromatic nitrogens is 2. The second-order valence-corrected chi connectivity index (χ2v) is 5.99. The molecule has 2 aromatic carbocycles. The third-order valence-electron chi connectivity index (χ3n) is 4.03. The van der Waals surface area contributed by atoms with Crippen molar-refractivity contribution in [1.29, 1.82) is 0 Å². The Morgan fingerprint density at radius 2 is 1.74 bits per heavy atom. The zero-order valence-electron chi connectivity index (χ0n) is 14.5. The Kier molecular flexibility index (Phi) is 4.74. The summed E-state index contributed by atoms with van der Waals surface area (Å²) in [5.41, 5.74) is 1.84. The van der Waals surface area contributed by atoms with Gasteiger partial charge in [-0.05, 0) is 54.1 Å². The number of rotatable bonds is 5. The van der Waals surface area contributed by atoms with Crippen LogP contribution in [0.2, 0.25) is 0 Å². The van der Waals surface area contributed by atoms with Gasteiger partial charge in [0, 0.05) is 18.1 Å². The van der Waals surface area contributed by atoms with E-state index in [1.165, 1.54) is 0 Å². The molecule has 5 heteroatoms. The van der Waals surface area contributed by atoms with E-state index < -0.39 is 0 Å². The topological polar surface area (TPSA) is 64.1 Å². The first-order valence-corrected chi connectivity index (χ1v) is 8.60. The van der Waals surface area contributed by atoms with Gasteiger partial charge in [0.05, 0.1) is 0 Å². The van der Waals surface area contributed by atoms with Crippen molar-refractivity contribution < 1.29 is 9.53 Å². The van der Waals surface area contributed by atoms with Crippen LogP contribution in [-0.2, 0) is 6.54 Å². The van der Waals surface area contributed by atoms with Crippen LogP contribution >= 0.6 is 0 Å². The molecule has 1 amide bonds. The lowest BCUT2D eigenvalue weighted by atomic mass is 10.2. The maximum Gasteiger partial charge on any atom is 0.270 e. The summed E-state index contributed by atoms with van der Waals surface area (Å²) >= 11 is 0. The van der Waals surface area contributed by atoms with Crippen molar-refractivity contribution in [2.75, 3.05) is 0 Å². The number of carbonyl (C=O) groups is 1. The van der Waals surface area contributed by atoms with Gasteiger partial charge in [0.1, 0.15) is 17.2 Å². The van der Waals surface area contributed by atoms with Gasteiger partial charge in [-0.2, -0.15) is 0 Å². The van der Waals surface area contributed by atoms with Crippen LogP contribution in [0.25, 0.3) is 11.0 Å². The number of amides is 1. The van der Waals surface area contributed by atoms with Gasteiger partial charge in [-0.15, -0.1) is 0 Å². The van der Waals surface area contributed by atoms with Crippen molar-refractivity contribution in [3.8, 4) is 11.5 Å². The highest BCUT2D eigenvalue weighted by Crippen LogP contribution is 2.21. The van der Waals surface area contributed by atoms with E-state index in [9.17, 15) is 4.79 Å². The van der Waals surface area contributed by atoms with Gasteiger partial charge in [-0.25, -0.2) is 9.97 Å². The molecular weight excluding hydrogens is 338 g/mol. The lowest BCUT2D eigenvalue weighted by Crippen LogP contribution is -2.23. The second-order valence-electron chi connectivity index (χ2n) is 5.99. The quantitative estimate of drug-likeness (QED) is 0.578. The first-order valence-electron chi connectivity index (χ1n) is 8.60. The van der Waals surface area contributed by atoms with Crippen LogP contribution in [0.3, 0.4) is 0 Å². The first-order chi connectivity index (χ1) is 13.3. The molecule has 0 aliphatic rings. The summed E-state index contributed by atoms with van der Waals surface area (Å²) in [7, 11) is 0. The maximum absolute atomic E-state index is 12.4. The van der Waals surface area contributed by atoms with Gasteiger partial charge in [0.15, 0.2) is 5.65 Å². The van der Waals surface area contributed by atoms with Crippen molar-refractivity contribution in [2.45, 2.75) is 6.54 Å². The van der Waals surface area contributed by atoms with E-state index in [1.807, 2.05) is 72.8 Å². The number of para-hydroxylation sites is 1. The number of nitrogens with zero attached hydrogens (tertiary/aromatic N) is 2. The summed E-state index contributed by atoms with van der Waals surface area (Å²) in [5.74, 6) is 1.25. The number of nitrogens with one attached hydrogen (secondary N) is 1. The van der Waals surface area contributed by atoms with E-state index >= 15 is 0 Å². The molecule has 1 N–H and O–H groups in total. The van der Waals surface area contributed by atoms with Crippen LogP contribution in [0.5, 0.6) is 11.5 Å². The van der Waals surface area contributed by atoms with E-state index in [0.29, 0.717) is 17.9 Å². The zero-order chi connectivity index (χ0) is 18.5. The molecule has 0 aliphatic carbocycles. The molecule has 0 bridgehead atoms. The van der Waals surface area contributed by atoms with Crippen molar-refractivity contribution in [2.24, 2.45) is 0 Å². The lowest BCUT2D eigenvalue weighted by Gasteiger charge is -2.09. The fourth-order valence-corrected chi connectivity index (χ4v) is 2.70. The van der Waals surface area contributed by atoms with Crippen LogP contribution in [-0.4, -0.2) is 15.9 Å². The molecule has 0 unspecified atom stereocenters. The molecule has 0 radical (unpaired) electrons. The van der Waals surface area contributed by atoms with Gasteiger partial charge in [0.2, 0.25) is 0 Å². The lowest BCUT2D eigenvalue weighted by molar-refractivity contribution is 0.0946. The molecule has 0 saturated heterocycles. The standard InChI is InChI=1S/C22H17N3O2/c26-22(20-12-11-17-7-5-13-23-21(17)25-20)24-15-16-6-4-10-19(14-16)27-18-8-2-1-3-9-18/h1-14H,15H2,(H,24,26). The monoisotopic (exact) mass is 355 g/mol. The number of hydrogen-bond donors (Lipinski definition) is 1. The molecule has 0 aliphatic heterocycles. The largest absolute Gasteiger partial charge is 0.457 e. The minimum absolute atomic E-state index is 0.239. The van der Waals surface area contributed by atoms with Gasteiger partial charge in [-0.1, -0.05) is 30.3 Å². The van der Waals surface area contributed by atoms with E-state index in [4.69, 9.17) is 4.74 Å². The molecule has 0 fully saturated rings. The molecule has 132 valence electrons. The molecule has 4 rings (SSSR count). The zero-order valence-corrected chi connectivity index (χ0v) is 14.5. The highest BCUT2D eigenvalue weighted by atomic mass is 16.5. The Hall–Kier alpha value is -3.73. The summed E-state index contributed by atoms with van der Waals surface area (Å²) in [6, 6.07) is 24.5. The number of hydrogen-bond acceptors (Lipinski definition) is 4. The summed E-state index contributed by atoms with van der Waals surface area (Å²) in [6.45, 7) is 0.382. The van der Waals surface area contributed by atoms with Crippen LogP contribution in [0.15, 0.2) is 85.1 Å². The summed E-state index contributed by atoms with van der Waals surface area (Å²) in [6.07, 6.45) is 1.66. The number of benzene rings is 2. The van der Waals surface area contributed by atoms with Crippen molar-refractivity contribution in [1.82, 2.24) is 15.3 Å². The van der Waals surface area contributed by atoms with Gasteiger partial charge < -0.3 is 10.1 Å². The van der Waals surface area contributed by atoms with Gasteiger partial charge in [-0.3, -0.25) is 4.79 Å². The highest BCUT2D eigenvalue weighted by molar-refractivity contribution is 5.94. The van der Waals surface area contributed by atoms with E-state index in [1.54, 1.807) is 12.3 Å². The molecule has 27 heavy (non-hydrogen) atoms. The smallest absolute Gasteiger partial charge is 0.270 e. The van der Waals surface area contributed by atoms with Gasteiger partial charge in [0.25, 0.3) is 5.91 Å². The third-order valence-corrected chi connectivity index (χ3v) is 4.03. The first kappa shape index (κ1) is 16.7. The molecule has 2 aromatic heterocycles. The van der Waals surface area contributed by atoms with Crippen LogP contribution in [0, 0.1) is 0 Å². The van der Waals surface area contributed by atoms with Crippen molar-refractivity contribution >= 4 is 16.9 Å². The van der Waals surface area contributed by atoms with E-state index in [0.717, 1.165) is 22.4 Å². The Morgan fingerprint density at radius 1 is 0.889 bits per heavy atom. The van der Waals surface area contributed by atoms with Crippen LogP contribution in [0.4, 0.5) is 0 Å². The highest BCUT2D eigenvalue weighted by Gasteiger charge is 2.09. The molecule has 2 heterocycles. The van der Waals surface area contributed by atoms with Gasteiger partial charge >= 0.3 is 0 Å². The summed E-state index contributed by atoms with van der Waals surface area (Å²) < 4.78 is 5.83. The Morgan fingerprint density at radius 3 is 2.63 bits per heavy atom. The molecular formula is C22H17N3O2. The number of ether oxygens (including phenoxy) is 1. The predicted molar refractivity (Wildman–Crippen MR) is 104 cm³/mol. The van der Waals surface area contributed by atoms with E-state index in [-0.39, 0.29) is 5.91 Å². The van der Waals surface area contributed by atoms with Crippen molar-refractivity contribution in [3.05, 3.63) is 96.3 Å². The van der Waals surface area contributed by atoms with Crippen molar-refractivity contribution in [3.63, 3.8) is 0 Å². The Balaban J connectivity index is 1.43. The molecule has 0 saturated carbocycles. The minimum atomic E-state index is -0.239. The average Bonchev–Trinajstić information content (AvgIpc) is 2.73. The summed E-state index contributed by atoms with van der Waals surface area (Å²) in [5, 5.41) is 3.79. The Labute approximate surface area is 156 Å². The number of pyridine rings is 2. The molecule has 5 nitrogen and oxygen atoms in total. The normalized spacial score (nSPS) is 10.5. The number of fused-ring (bicyclic) bond motifs is 1. The Bertz CT molecular complexity index is 1080. The van der Waals surface area contributed by atoms with E-state index in [2.05, 4.69) is 15.3 Å². The third kappa shape index (κ3) is 4.10. The van der Waals surface area contributed by atoms with Crippen LogP contribution < -0.4 is 10.1 Å². The fourth-order valence-electron chi connectivity index (χ4n) is 2.70. The molecule has 0 spiro atoms. The minimum Gasteiger partial charge on any atom is -0.457 e. The molecule has 0 atom stereocenters. The predicted octanol–water partition coefficient (Wildman–Crippen LogP) is 4.35.